The van der Waals surface area contributed by atoms with E-state index in [9.17, 15) is 9.90 Å². The van der Waals surface area contributed by atoms with Crippen molar-refractivity contribution in [3.63, 3.8) is 0 Å². The van der Waals surface area contributed by atoms with E-state index >= 15 is 0 Å². The SMILES string of the molecule is CN(c1ncncc1C(=O)O)C1CCCCC1O. The van der Waals surface area contributed by atoms with E-state index in [2.05, 4.69) is 9.97 Å². The summed E-state index contributed by atoms with van der Waals surface area (Å²) in [5.41, 5.74) is 0.0674. The van der Waals surface area contributed by atoms with Crippen molar-refractivity contribution in [1.82, 2.24) is 9.97 Å². The Balaban J connectivity index is 2.27. The molecule has 1 aliphatic carbocycles. The van der Waals surface area contributed by atoms with E-state index in [1.165, 1.54) is 12.5 Å². The van der Waals surface area contributed by atoms with E-state index in [0.29, 0.717) is 5.82 Å². The first-order chi connectivity index (χ1) is 8.61. The van der Waals surface area contributed by atoms with E-state index < -0.39 is 12.1 Å². The number of aromatic nitrogens is 2. The Kier molecular flexibility index (Phi) is 3.76. The molecule has 0 saturated heterocycles. The molecular formula is C12H17N3O3. The van der Waals surface area contributed by atoms with E-state index in [4.69, 9.17) is 5.11 Å². The highest BCUT2D eigenvalue weighted by Gasteiger charge is 2.29. The van der Waals surface area contributed by atoms with Crippen LogP contribution in [0.1, 0.15) is 36.0 Å². The number of aliphatic hydroxyl groups is 1. The second-order valence-electron chi connectivity index (χ2n) is 4.60. The number of anilines is 1. The van der Waals surface area contributed by atoms with Crippen molar-refractivity contribution in [3.05, 3.63) is 18.1 Å². The summed E-state index contributed by atoms with van der Waals surface area (Å²) in [4.78, 5) is 20.6. The zero-order chi connectivity index (χ0) is 13.1. The van der Waals surface area contributed by atoms with Gasteiger partial charge in [0.15, 0.2) is 0 Å². The summed E-state index contributed by atoms with van der Waals surface area (Å²) in [6.45, 7) is 0. The average Bonchev–Trinajstić information content (AvgIpc) is 2.38. The molecule has 0 aliphatic heterocycles. The van der Waals surface area contributed by atoms with Gasteiger partial charge in [-0.15, -0.1) is 0 Å². The molecule has 1 saturated carbocycles. The molecule has 6 nitrogen and oxygen atoms in total. The molecule has 0 amide bonds. The summed E-state index contributed by atoms with van der Waals surface area (Å²) in [5.74, 6) is -0.689. The van der Waals surface area contributed by atoms with Gasteiger partial charge < -0.3 is 15.1 Å². The predicted molar refractivity (Wildman–Crippen MR) is 65.7 cm³/mol. The van der Waals surface area contributed by atoms with Crippen LogP contribution in [0, 0.1) is 0 Å². The molecule has 0 radical (unpaired) electrons. The number of hydrogen-bond donors (Lipinski definition) is 2. The molecular weight excluding hydrogens is 234 g/mol. The number of carboxylic acid groups (broad SMARTS) is 1. The van der Waals surface area contributed by atoms with Gasteiger partial charge in [-0.2, -0.15) is 0 Å². The minimum atomic E-state index is -1.05. The summed E-state index contributed by atoms with van der Waals surface area (Å²) in [6, 6.07) is -0.0771. The zero-order valence-electron chi connectivity index (χ0n) is 10.3. The van der Waals surface area contributed by atoms with Gasteiger partial charge in [0.25, 0.3) is 0 Å². The maximum atomic E-state index is 11.1. The second kappa shape index (κ2) is 5.30. The van der Waals surface area contributed by atoms with Crippen molar-refractivity contribution < 1.29 is 15.0 Å². The number of likely N-dealkylation sites (N-methyl/N-ethyl adjacent to an activating group) is 1. The van der Waals surface area contributed by atoms with E-state index in [0.717, 1.165) is 25.7 Å². The Morgan fingerprint density at radius 3 is 2.83 bits per heavy atom. The standard InChI is InChI=1S/C12H17N3O3/c1-15(9-4-2-3-5-10(9)16)11-8(12(17)18)6-13-7-14-11/h6-7,9-10,16H,2-5H2,1H3,(H,17,18). The van der Waals surface area contributed by atoms with Crippen LogP contribution in [0.25, 0.3) is 0 Å². The first-order valence-corrected chi connectivity index (χ1v) is 6.05. The highest BCUT2D eigenvalue weighted by atomic mass is 16.4. The van der Waals surface area contributed by atoms with Crippen LogP contribution in [-0.4, -0.2) is 45.3 Å². The fourth-order valence-corrected chi connectivity index (χ4v) is 2.46. The van der Waals surface area contributed by atoms with E-state index in [1.54, 1.807) is 11.9 Å². The molecule has 0 bridgehead atoms. The van der Waals surface area contributed by atoms with Crippen LogP contribution in [0.5, 0.6) is 0 Å². The molecule has 0 spiro atoms. The molecule has 0 aromatic carbocycles. The monoisotopic (exact) mass is 251 g/mol. The average molecular weight is 251 g/mol. The highest BCUT2D eigenvalue weighted by molar-refractivity contribution is 5.92. The van der Waals surface area contributed by atoms with Gasteiger partial charge in [-0.1, -0.05) is 12.8 Å². The molecule has 1 aromatic heterocycles. The number of nitrogens with zero attached hydrogens (tertiary/aromatic N) is 3. The van der Waals surface area contributed by atoms with E-state index in [1.807, 2.05) is 0 Å². The lowest BCUT2D eigenvalue weighted by Crippen LogP contribution is -2.44. The molecule has 1 heterocycles. The summed E-state index contributed by atoms with van der Waals surface area (Å²) < 4.78 is 0. The molecule has 2 atom stereocenters. The van der Waals surface area contributed by atoms with Crippen LogP contribution >= 0.6 is 0 Å². The third-order valence-electron chi connectivity index (χ3n) is 3.45. The van der Waals surface area contributed by atoms with Crippen LogP contribution < -0.4 is 4.90 Å². The Bertz CT molecular complexity index is 438. The molecule has 1 aliphatic rings. The number of carbonyl (C=O) groups is 1. The topological polar surface area (TPSA) is 86.6 Å². The summed E-state index contributed by atoms with van der Waals surface area (Å²) in [6.07, 6.45) is 5.84. The lowest BCUT2D eigenvalue weighted by molar-refractivity contribution is 0.0694. The Hall–Kier alpha value is -1.69. The van der Waals surface area contributed by atoms with Gasteiger partial charge in [-0.05, 0) is 12.8 Å². The third-order valence-corrected chi connectivity index (χ3v) is 3.45. The Morgan fingerprint density at radius 2 is 2.17 bits per heavy atom. The van der Waals surface area contributed by atoms with Crippen molar-refractivity contribution in [2.24, 2.45) is 0 Å². The number of aliphatic hydroxyl groups excluding tert-OH is 1. The van der Waals surface area contributed by atoms with Gasteiger partial charge >= 0.3 is 5.97 Å². The summed E-state index contributed by atoms with van der Waals surface area (Å²) >= 11 is 0. The van der Waals surface area contributed by atoms with Crippen LogP contribution in [0.2, 0.25) is 0 Å². The van der Waals surface area contributed by atoms with Crippen molar-refractivity contribution >= 4 is 11.8 Å². The van der Waals surface area contributed by atoms with Gasteiger partial charge in [0.05, 0.1) is 12.1 Å². The van der Waals surface area contributed by atoms with Gasteiger partial charge in [0.1, 0.15) is 17.7 Å². The third kappa shape index (κ3) is 2.43. The lowest BCUT2D eigenvalue weighted by Gasteiger charge is -2.36. The van der Waals surface area contributed by atoms with Crippen molar-refractivity contribution in [2.75, 3.05) is 11.9 Å². The number of rotatable bonds is 3. The fourth-order valence-electron chi connectivity index (χ4n) is 2.46. The number of carboxylic acids is 1. The molecule has 2 unspecified atom stereocenters. The van der Waals surface area contributed by atoms with Gasteiger partial charge in [-0.3, -0.25) is 0 Å². The van der Waals surface area contributed by atoms with Gasteiger partial charge in [-0.25, -0.2) is 14.8 Å². The van der Waals surface area contributed by atoms with Crippen LogP contribution in [-0.2, 0) is 0 Å². The summed E-state index contributed by atoms with van der Waals surface area (Å²) in [7, 11) is 1.77. The fraction of sp³-hybridized carbons (Fsp3) is 0.583. The quantitative estimate of drug-likeness (QED) is 0.830. The molecule has 1 fully saturated rings. The number of aromatic carboxylic acids is 1. The molecule has 18 heavy (non-hydrogen) atoms. The number of hydrogen-bond acceptors (Lipinski definition) is 5. The minimum absolute atomic E-state index is 0.0674. The first-order valence-electron chi connectivity index (χ1n) is 6.05. The van der Waals surface area contributed by atoms with Crippen molar-refractivity contribution in [1.29, 1.82) is 0 Å². The van der Waals surface area contributed by atoms with Crippen molar-refractivity contribution in [2.45, 2.75) is 37.8 Å². The minimum Gasteiger partial charge on any atom is -0.477 e. The first kappa shape index (κ1) is 12.8. The molecule has 2 N–H and O–H groups in total. The van der Waals surface area contributed by atoms with Gasteiger partial charge in [0, 0.05) is 13.2 Å². The second-order valence-corrected chi connectivity index (χ2v) is 4.60. The highest BCUT2D eigenvalue weighted by Crippen LogP contribution is 2.26. The van der Waals surface area contributed by atoms with Crippen LogP contribution in [0.3, 0.4) is 0 Å². The van der Waals surface area contributed by atoms with Crippen LogP contribution in [0.15, 0.2) is 12.5 Å². The molecule has 1 aromatic rings. The lowest BCUT2D eigenvalue weighted by atomic mass is 9.91. The molecule has 98 valence electrons. The zero-order valence-corrected chi connectivity index (χ0v) is 10.3. The maximum Gasteiger partial charge on any atom is 0.341 e. The predicted octanol–water partition coefficient (Wildman–Crippen LogP) is 0.914. The van der Waals surface area contributed by atoms with Gasteiger partial charge in [0.2, 0.25) is 0 Å². The largest absolute Gasteiger partial charge is 0.477 e. The molecule has 6 heteroatoms. The smallest absolute Gasteiger partial charge is 0.341 e. The van der Waals surface area contributed by atoms with Crippen LogP contribution in [0.4, 0.5) is 5.82 Å². The van der Waals surface area contributed by atoms with Crippen molar-refractivity contribution in [3.8, 4) is 0 Å². The Labute approximate surface area is 105 Å². The Morgan fingerprint density at radius 1 is 1.44 bits per heavy atom. The molecule has 2 rings (SSSR count). The maximum absolute atomic E-state index is 11.1. The summed E-state index contributed by atoms with van der Waals surface area (Å²) in [5, 5.41) is 19.1. The normalized spacial score (nSPS) is 23.7. The van der Waals surface area contributed by atoms with E-state index in [-0.39, 0.29) is 11.6 Å².